The monoisotopic (exact) mass is 473 g/mol. The molecule has 0 amide bonds. The van der Waals surface area contributed by atoms with E-state index in [9.17, 15) is 0 Å². The Morgan fingerprint density at radius 3 is 2.46 bits per heavy atom. The number of nitrogens with zero attached hydrogens (tertiary/aromatic N) is 7. The Labute approximate surface area is 208 Å². The maximum Gasteiger partial charge on any atom is 0.225 e. The van der Waals surface area contributed by atoms with Crippen molar-refractivity contribution in [2.45, 2.75) is 44.7 Å². The molecular weight excluding hydrogens is 438 g/mol. The van der Waals surface area contributed by atoms with Gasteiger partial charge in [-0.05, 0) is 56.0 Å². The van der Waals surface area contributed by atoms with Gasteiger partial charge in [0, 0.05) is 51.7 Å². The molecule has 0 spiro atoms. The van der Waals surface area contributed by atoms with Crippen molar-refractivity contribution in [1.82, 2.24) is 24.8 Å². The lowest BCUT2D eigenvalue weighted by atomic mass is 9.93. The zero-order valence-electron chi connectivity index (χ0n) is 21.0. The molecular formula is C27H35N7O. The van der Waals surface area contributed by atoms with E-state index in [1.54, 1.807) is 7.11 Å². The maximum atomic E-state index is 5.37. The molecule has 1 unspecified atom stereocenters. The molecule has 1 atom stereocenters. The molecule has 2 aliphatic heterocycles. The van der Waals surface area contributed by atoms with E-state index in [2.05, 4.69) is 38.0 Å². The summed E-state index contributed by atoms with van der Waals surface area (Å²) >= 11 is 0. The van der Waals surface area contributed by atoms with E-state index in [4.69, 9.17) is 14.7 Å². The molecule has 1 aromatic carbocycles. The molecule has 8 nitrogen and oxygen atoms in total. The lowest BCUT2D eigenvalue weighted by Gasteiger charge is -2.36. The number of rotatable bonds is 7. The van der Waals surface area contributed by atoms with Crippen LogP contribution in [0.2, 0.25) is 0 Å². The van der Waals surface area contributed by atoms with Gasteiger partial charge in [0.15, 0.2) is 0 Å². The molecule has 2 aromatic heterocycles. The summed E-state index contributed by atoms with van der Waals surface area (Å²) in [4.78, 5) is 26.0. The first-order valence-corrected chi connectivity index (χ1v) is 12.6. The molecule has 2 fully saturated rings. The second kappa shape index (κ2) is 10.6. The van der Waals surface area contributed by atoms with Crippen LogP contribution < -0.4 is 14.5 Å². The summed E-state index contributed by atoms with van der Waals surface area (Å²) in [5, 5.41) is 0. The molecule has 0 bridgehead atoms. The van der Waals surface area contributed by atoms with Crippen LogP contribution in [0, 0.1) is 0 Å². The zero-order valence-corrected chi connectivity index (χ0v) is 21.0. The number of hydrogen-bond acceptors (Lipinski definition) is 8. The van der Waals surface area contributed by atoms with Gasteiger partial charge in [0.25, 0.3) is 0 Å². The zero-order chi connectivity index (χ0) is 24.2. The van der Waals surface area contributed by atoms with Gasteiger partial charge < -0.3 is 14.5 Å². The average Bonchev–Trinajstić information content (AvgIpc) is 3.44. The summed E-state index contributed by atoms with van der Waals surface area (Å²) in [6, 6.07) is 10.4. The van der Waals surface area contributed by atoms with E-state index >= 15 is 0 Å². The molecule has 0 radical (unpaired) electrons. The number of methoxy groups -OCH3 is 1. The minimum atomic E-state index is 0.202. The second-order valence-corrected chi connectivity index (χ2v) is 9.62. The Hall–Kier alpha value is -3.26. The van der Waals surface area contributed by atoms with Crippen LogP contribution in [0.1, 0.15) is 49.5 Å². The predicted molar refractivity (Wildman–Crippen MR) is 139 cm³/mol. The number of benzene rings is 1. The normalized spacial score (nSPS) is 18.6. The van der Waals surface area contributed by atoms with Gasteiger partial charge >= 0.3 is 0 Å². The minimum Gasteiger partial charge on any atom is -0.497 e. The number of anilines is 2. The third kappa shape index (κ3) is 5.22. The number of aromatic nitrogens is 4. The lowest BCUT2D eigenvalue weighted by molar-refractivity contribution is 0.136. The van der Waals surface area contributed by atoms with E-state index in [0.717, 1.165) is 72.8 Å². The number of ether oxygens (including phenoxy) is 1. The van der Waals surface area contributed by atoms with Crippen molar-refractivity contribution >= 4 is 11.9 Å². The highest BCUT2D eigenvalue weighted by atomic mass is 16.5. The third-order valence-corrected chi connectivity index (χ3v) is 6.99. The van der Waals surface area contributed by atoms with Crippen LogP contribution in [0.4, 0.5) is 11.9 Å². The Bertz CT molecular complexity index is 1130. The van der Waals surface area contributed by atoms with Crippen LogP contribution >= 0.6 is 0 Å². The fourth-order valence-electron chi connectivity index (χ4n) is 5.09. The summed E-state index contributed by atoms with van der Waals surface area (Å²) in [6.07, 6.45) is 9.76. The first-order valence-electron chi connectivity index (χ1n) is 12.6. The molecule has 0 aliphatic carbocycles. The van der Waals surface area contributed by atoms with Gasteiger partial charge in [0.1, 0.15) is 5.75 Å². The van der Waals surface area contributed by atoms with Crippen molar-refractivity contribution in [2.75, 3.05) is 50.6 Å². The van der Waals surface area contributed by atoms with Crippen molar-refractivity contribution in [3.8, 4) is 16.9 Å². The number of piperidine rings is 1. The Morgan fingerprint density at radius 2 is 1.71 bits per heavy atom. The van der Waals surface area contributed by atoms with E-state index in [-0.39, 0.29) is 6.04 Å². The maximum absolute atomic E-state index is 5.37. The van der Waals surface area contributed by atoms with Crippen molar-refractivity contribution in [2.24, 2.45) is 0 Å². The first-order chi connectivity index (χ1) is 17.1. The number of likely N-dealkylation sites (tertiary alicyclic amines) is 1. The average molecular weight is 474 g/mol. The van der Waals surface area contributed by atoms with E-state index in [1.165, 1.54) is 25.7 Å². The van der Waals surface area contributed by atoms with Crippen LogP contribution in [0.15, 0.2) is 42.7 Å². The van der Waals surface area contributed by atoms with Gasteiger partial charge in [-0.1, -0.05) is 18.6 Å². The van der Waals surface area contributed by atoms with Gasteiger partial charge in [-0.15, -0.1) is 0 Å². The molecule has 35 heavy (non-hydrogen) atoms. The minimum absolute atomic E-state index is 0.202. The van der Waals surface area contributed by atoms with E-state index < -0.39 is 0 Å². The van der Waals surface area contributed by atoms with Crippen LogP contribution in [0.5, 0.6) is 5.75 Å². The highest BCUT2D eigenvalue weighted by molar-refractivity contribution is 5.67. The van der Waals surface area contributed by atoms with Gasteiger partial charge in [-0.3, -0.25) is 4.90 Å². The molecule has 4 heterocycles. The molecule has 2 aliphatic rings. The van der Waals surface area contributed by atoms with Crippen LogP contribution in [0.3, 0.4) is 0 Å². The van der Waals surface area contributed by atoms with Crippen LogP contribution in [-0.2, 0) is 6.54 Å². The number of hydrogen-bond donors (Lipinski definition) is 0. The van der Waals surface area contributed by atoms with Gasteiger partial charge in [0.05, 0.1) is 24.5 Å². The Kier molecular flexibility index (Phi) is 7.08. The molecule has 8 heteroatoms. The molecule has 5 rings (SSSR count). The molecule has 3 aromatic rings. The standard InChI is InChI=1S/C27H35N7O/c1-32(2)26-29-18-23(20-9-11-22(35-3)12-10-20)25(31-26)24-8-4-5-17-34(24)19-21-13-14-28-27(30-21)33-15-6-7-16-33/h9-14,18,24H,4-8,15-17,19H2,1-3H3. The van der Waals surface area contributed by atoms with Crippen molar-refractivity contribution in [3.05, 3.63) is 54.1 Å². The van der Waals surface area contributed by atoms with E-state index in [0.29, 0.717) is 0 Å². The van der Waals surface area contributed by atoms with Crippen molar-refractivity contribution in [3.63, 3.8) is 0 Å². The van der Waals surface area contributed by atoms with Gasteiger partial charge in [-0.25, -0.2) is 19.9 Å². The highest BCUT2D eigenvalue weighted by Gasteiger charge is 2.29. The fraction of sp³-hybridized carbons (Fsp3) is 0.481. The Morgan fingerprint density at radius 1 is 0.943 bits per heavy atom. The lowest BCUT2D eigenvalue weighted by Crippen LogP contribution is -2.34. The smallest absolute Gasteiger partial charge is 0.225 e. The highest BCUT2D eigenvalue weighted by Crippen LogP contribution is 2.37. The molecule has 0 N–H and O–H groups in total. The Balaban J connectivity index is 1.47. The van der Waals surface area contributed by atoms with Crippen molar-refractivity contribution < 1.29 is 4.74 Å². The predicted octanol–water partition coefficient (Wildman–Crippen LogP) is 4.34. The summed E-state index contributed by atoms with van der Waals surface area (Å²) in [5.74, 6) is 2.45. The van der Waals surface area contributed by atoms with Crippen LogP contribution in [-0.4, -0.2) is 65.7 Å². The summed E-state index contributed by atoms with van der Waals surface area (Å²) in [7, 11) is 5.68. The fourth-order valence-corrected chi connectivity index (χ4v) is 5.09. The second-order valence-electron chi connectivity index (χ2n) is 9.62. The van der Waals surface area contributed by atoms with Crippen molar-refractivity contribution in [1.29, 1.82) is 0 Å². The summed E-state index contributed by atoms with van der Waals surface area (Å²) in [5.41, 5.74) is 4.34. The van der Waals surface area contributed by atoms with Gasteiger partial charge in [0.2, 0.25) is 11.9 Å². The summed E-state index contributed by atoms with van der Waals surface area (Å²) in [6.45, 7) is 3.92. The molecule has 2 saturated heterocycles. The topological polar surface area (TPSA) is 70.5 Å². The van der Waals surface area contributed by atoms with Crippen LogP contribution in [0.25, 0.3) is 11.1 Å². The molecule has 0 saturated carbocycles. The van der Waals surface area contributed by atoms with E-state index in [1.807, 2.05) is 43.5 Å². The SMILES string of the molecule is COc1ccc(-c2cnc(N(C)C)nc2C2CCCCN2Cc2ccnc(N3CCCC3)n2)cc1. The molecule has 184 valence electrons. The largest absolute Gasteiger partial charge is 0.497 e. The summed E-state index contributed by atoms with van der Waals surface area (Å²) < 4.78 is 5.37. The van der Waals surface area contributed by atoms with Gasteiger partial charge in [-0.2, -0.15) is 0 Å². The third-order valence-electron chi connectivity index (χ3n) is 6.99. The quantitative estimate of drug-likeness (QED) is 0.502. The first kappa shape index (κ1) is 23.5.